The highest BCUT2D eigenvalue weighted by molar-refractivity contribution is 5.86. The monoisotopic (exact) mass is 348 g/mol. The van der Waals surface area contributed by atoms with Crippen LogP contribution in [0, 0.1) is 6.92 Å². The van der Waals surface area contributed by atoms with Crippen LogP contribution in [0.5, 0.6) is 5.75 Å². The van der Waals surface area contributed by atoms with E-state index in [9.17, 15) is 5.11 Å². The van der Waals surface area contributed by atoms with Crippen LogP contribution in [0.3, 0.4) is 0 Å². The third kappa shape index (κ3) is 2.12. The molecule has 130 valence electrons. The van der Waals surface area contributed by atoms with Crippen LogP contribution in [0.4, 0.5) is 0 Å². The summed E-state index contributed by atoms with van der Waals surface area (Å²) in [5.41, 5.74) is 8.08. The molecule has 1 heteroatoms. The van der Waals surface area contributed by atoms with Crippen LogP contribution >= 0.6 is 0 Å². The average Bonchev–Trinajstić information content (AvgIpc) is 3.02. The first-order valence-electron chi connectivity index (χ1n) is 9.28. The number of phenols is 1. The third-order valence-corrected chi connectivity index (χ3v) is 5.79. The quantitative estimate of drug-likeness (QED) is 0.411. The van der Waals surface area contributed by atoms with Gasteiger partial charge in [-0.05, 0) is 51.9 Å². The standard InChI is InChI=1S/C26H20O/c1-18-17-20(15-16-25(18)27)26(19-9-3-2-4-10-19)23-13-7-5-11-21(23)22-12-6-8-14-24(22)26/h2-17,27H,1H3. The minimum absolute atomic E-state index is 0.335. The molecule has 4 aromatic carbocycles. The summed E-state index contributed by atoms with van der Waals surface area (Å²) in [7, 11) is 0. The minimum Gasteiger partial charge on any atom is -0.508 e. The molecular formula is C26H20O. The van der Waals surface area contributed by atoms with Gasteiger partial charge in [0.2, 0.25) is 0 Å². The Labute approximate surface area is 159 Å². The second kappa shape index (κ2) is 5.85. The van der Waals surface area contributed by atoms with Crippen LogP contribution in [0.25, 0.3) is 11.1 Å². The molecule has 1 nitrogen and oxygen atoms in total. The molecule has 0 bridgehead atoms. The van der Waals surface area contributed by atoms with Gasteiger partial charge in [-0.25, -0.2) is 0 Å². The predicted molar refractivity (Wildman–Crippen MR) is 110 cm³/mol. The first-order valence-corrected chi connectivity index (χ1v) is 9.28. The van der Waals surface area contributed by atoms with E-state index in [4.69, 9.17) is 0 Å². The largest absolute Gasteiger partial charge is 0.508 e. The molecular weight excluding hydrogens is 328 g/mol. The van der Waals surface area contributed by atoms with E-state index in [1.807, 2.05) is 13.0 Å². The Balaban J connectivity index is 1.97. The molecule has 1 aliphatic rings. The number of rotatable bonds is 2. The zero-order valence-electron chi connectivity index (χ0n) is 15.2. The zero-order valence-corrected chi connectivity index (χ0v) is 15.2. The molecule has 0 saturated heterocycles. The first kappa shape index (κ1) is 15.9. The van der Waals surface area contributed by atoms with Crippen LogP contribution in [-0.4, -0.2) is 5.11 Å². The summed E-state index contributed by atoms with van der Waals surface area (Å²) >= 11 is 0. The molecule has 27 heavy (non-hydrogen) atoms. The molecule has 0 radical (unpaired) electrons. The van der Waals surface area contributed by atoms with Crippen LogP contribution in [-0.2, 0) is 5.41 Å². The Bertz CT molecular complexity index is 1100. The smallest absolute Gasteiger partial charge is 0.118 e. The summed E-state index contributed by atoms with van der Waals surface area (Å²) in [4.78, 5) is 0. The van der Waals surface area contributed by atoms with Gasteiger partial charge in [0, 0.05) is 0 Å². The number of aryl methyl sites for hydroxylation is 1. The van der Waals surface area contributed by atoms with E-state index in [1.165, 1.54) is 33.4 Å². The van der Waals surface area contributed by atoms with Crippen molar-refractivity contribution in [3.05, 3.63) is 125 Å². The van der Waals surface area contributed by atoms with Crippen molar-refractivity contribution in [2.75, 3.05) is 0 Å². The van der Waals surface area contributed by atoms with Gasteiger partial charge in [-0.15, -0.1) is 0 Å². The number of phenolic OH excluding ortho intramolecular Hbond substituents is 1. The van der Waals surface area contributed by atoms with E-state index in [0.29, 0.717) is 5.75 Å². The fraction of sp³-hybridized carbons (Fsp3) is 0.0769. The van der Waals surface area contributed by atoms with E-state index in [-0.39, 0.29) is 5.41 Å². The summed E-state index contributed by atoms with van der Waals surface area (Å²) in [6.45, 7) is 1.96. The Kier molecular flexibility index (Phi) is 3.45. The fourth-order valence-corrected chi connectivity index (χ4v) is 4.60. The van der Waals surface area contributed by atoms with Crippen LogP contribution in [0.15, 0.2) is 97.1 Å². The van der Waals surface area contributed by atoms with Crippen LogP contribution in [0.2, 0.25) is 0 Å². The molecule has 0 aliphatic heterocycles. The van der Waals surface area contributed by atoms with Crippen LogP contribution < -0.4 is 0 Å². The van der Waals surface area contributed by atoms with Gasteiger partial charge in [0.15, 0.2) is 0 Å². The Morgan fingerprint density at radius 1 is 0.593 bits per heavy atom. The lowest BCUT2D eigenvalue weighted by atomic mass is 9.67. The molecule has 0 saturated carbocycles. The maximum absolute atomic E-state index is 10.1. The van der Waals surface area contributed by atoms with Crippen molar-refractivity contribution < 1.29 is 5.11 Å². The molecule has 1 aliphatic carbocycles. The Morgan fingerprint density at radius 3 is 1.74 bits per heavy atom. The normalized spacial score (nSPS) is 13.8. The fourth-order valence-electron chi connectivity index (χ4n) is 4.60. The highest BCUT2D eigenvalue weighted by Gasteiger charge is 2.45. The number of fused-ring (bicyclic) bond motifs is 3. The van der Waals surface area contributed by atoms with Gasteiger partial charge in [-0.3, -0.25) is 0 Å². The summed E-state index contributed by atoms with van der Waals surface area (Å²) in [5, 5.41) is 10.1. The molecule has 5 rings (SSSR count). The maximum atomic E-state index is 10.1. The van der Waals surface area contributed by atoms with Crippen molar-refractivity contribution in [1.82, 2.24) is 0 Å². The highest BCUT2D eigenvalue weighted by Crippen LogP contribution is 2.56. The van der Waals surface area contributed by atoms with E-state index >= 15 is 0 Å². The maximum Gasteiger partial charge on any atom is 0.118 e. The number of hydrogen-bond donors (Lipinski definition) is 1. The molecule has 0 spiro atoms. The van der Waals surface area contributed by atoms with E-state index < -0.39 is 0 Å². The van der Waals surface area contributed by atoms with Crippen LogP contribution in [0.1, 0.15) is 27.8 Å². The van der Waals surface area contributed by atoms with E-state index in [2.05, 4.69) is 91.0 Å². The lowest BCUT2D eigenvalue weighted by Gasteiger charge is -2.34. The van der Waals surface area contributed by atoms with Crippen molar-refractivity contribution in [1.29, 1.82) is 0 Å². The summed E-state index contributed by atoms with van der Waals surface area (Å²) < 4.78 is 0. The van der Waals surface area contributed by atoms with Gasteiger partial charge < -0.3 is 5.11 Å². The molecule has 0 fully saturated rings. The Hall–Kier alpha value is -3.32. The summed E-state index contributed by atoms with van der Waals surface area (Å²) in [6.07, 6.45) is 0. The zero-order chi connectivity index (χ0) is 18.4. The van der Waals surface area contributed by atoms with Gasteiger partial charge in [-0.1, -0.05) is 91.0 Å². The van der Waals surface area contributed by atoms with Crippen molar-refractivity contribution >= 4 is 0 Å². The highest BCUT2D eigenvalue weighted by atomic mass is 16.3. The lowest BCUT2D eigenvalue weighted by Crippen LogP contribution is -2.28. The van der Waals surface area contributed by atoms with Gasteiger partial charge >= 0.3 is 0 Å². The third-order valence-electron chi connectivity index (χ3n) is 5.79. The molecule has 4 aromatic rings. The topological polar surface area (TPSA) is 20.2 Å². The van der Waals surface area contributed by atoms with Gasteiger partial charge in [0.25, 0.3) is 0 Å². The number of hydrogen-bond acceptors (Lipinski definition) is 1. The molecule has 0 atom stereocenters. The number of benzene rings is 4. The van der Waals surface area contributed by atoms with Gasteiger partial charge in [0.05, 0.1) is 5.41 Å². The SMILES string of the molecule is Cc1cc(C2(c3ccccc3)c3ccccc3-c3ccccc32)ccc1O. The molecule has 0 unspecified atom stereocenters. The lowest BCUT2D eigenvalue weighted by molar-refractivity contribution is 0.470. The second-order valence-corrected chi connectivity index (χ2v) is 7.21. The van der Waals surface area contributed by atoms with Crippen molar-refractivity contribution in [2.24, 2.45) is 0 Å². The minimum atomic E-state index is -0.382. The van der Waals surface area contributed by atoms with E-state index in [1.54, 1.807) is 0 Å². The van der Waals surface area contributed by atoms with Crippen molar-refractivity contribution in [3.63, 3.8) is 0 Å². The summed E-state index contributed by atoms with van der Waals surface area (Å²) in [6, 6.07) is 34.1. The molecule has 0 aromatic heterocycles. The number of aromatic hydroxyl groups is 1. The van der Waals surface area contributed by atoms with Gasteiger partial charge in [-0.2, -0.15) is 0 Å². The van der Waals surface area contributed by atoms with Crippen molar-refractivity contribution in [2.45, 2.75) is 12.3 Å². The molecule has 0 amide bonds. The second-order valence-electron chi connectivity index (χ2n) is 7.21. The first-order chi connectivity index (χ1) is 13.2. The predicted octanol–water partition coefficient (Wildman–Crippen LogP) is 6.06. The molecule has 1 N–H and O–H groups in total. The van der Waals surface area contributed by atoms with Gasteiger partial charge in [0.1, 0.15) is 5.75 Å². The Morgan fingerprint density at radius 2 is 1.15 bits per heavy atom. The summed E-state index contributed by atoms with van der Waals surface area (Å²) in [5.74, 6) is 0.335. The molecule has 0 heterocycles. The average molecular weight is 348 g/mol. The van der Waals surface area contributed by atoms with E-state index in [0.717, 1.165) is 5.56 Å². The van der Waals surface area contributed by atoms with Crippen molar-refractivity contribution in [3.8, 4) is 16.9 Å².